The number of hydrogen-bond donors (Lipinski definition) is 4. The zero-order valence-electron chi connectivity index (χ0n) is 23.4. The van der Waals surface area contributed by atoms with Crippen molar-refractivity contribution in [2.75, 3.05) is 50.8 Å². The number of rotatable bonds is 13. The van der Waals surface area contributed by atoms with Crippen LogP contribution >= 0.6 is 23.5 Å². The number of carboxylic acids is 1. The summed E-state index contributed by atoms with van der Waals surface area (Å²) >= 11 is 3.23. The van der Waals surface area contributed by atoms with Gasteiger partial charge in [0, 0.05) is 72.8 Å². The Bertz CT molecular complexity index is 1000. The van der Waals surface area contributed by atoms with Gasteiger partial charge < -0.3 is 36.0 Å². The van der Waals surface area contributed by atoms with Gasteiger partial charge in [0.05, 0.1) is 24.6 Å². The minimum Gasteiger partial charge on any atom is -0.477 e. The molecule has 0 radical (unpaired) electrons. The van der Waals surface area contributed by atoms with Gasteiger partial charge in [0.2, 0.25) is 17.7 Å². The van der Waals surface area contributed by atoms with Gasteiger partial charge in [-0.3, -0.25) is 14.4 Å². The molecule has 40 heavy (non-hydrogen) atoms. The number of carbonyl (C=O) groups excluding carboxylic acids is 3. The third-order valence-electron chi connectivity index (χ3n) is 8.35. The summed E-state index contributed by atoms with van der Waals surface area (Å²) < 4.78 is 0. The summed E-state index contributed by atoms with van der Waals surface area (Å²) in [6, 6.07) is -0.0544. The number of hydrogen-bond acceptors (Lipinski definition) is 9. The first-order chi connectivity index (χ1) is 19.1. The van der Waals surface area contributed by atoms with Crippen molar-refractivity contribution in [3.63, 3.8) is 0 Å². The quantitative estimate of drug-likeness (QED) is 0.174. The third-order valence-corrected chi connectivity index (χ3v) is 11.0. The maximum absolute atomic E-state index is 12.8. The number of carboxylic acid groups (broad SMARTS) is 1. The number of aliphatic carboxylic acids is 1. The molecule has 4 heterocycles. The average Bonchev–Trinajstić information content (AvgIpc) is 3.47. The maximum Gasteiger partial charge on any atom is 0.353 e. The van der Waals surface area contributed by atoms with Gasteiger partial charge in [-0.1, -0.05) is 6.92 Å². The summed E-state index contributed by atoms with van der Waals surface area (Å²) in [6.07, 6.45) is 3.58. The highest BCUT2D eigenvalue weighted by Gasteiger charge is 2.60. The molecule has 0 unspecified atom stereocenters. The number of fused-ring (bicyclic) bond motifs is 1. The van der Waals surface area contributed by atoms with Crippen LogP contribution in [0.15, 0.2) is 10.6 Å². The van der Waals surface area contributed by atoms with E-state index in [0.717, 1.165) is 56.0 Å². The van der Waals surface area contributed by atoms with Crippen molar-refractivity contribution >= 4 is 47.2 Å². The molecule has 224 valence electrons. The van der Waals surface area contributed by atoms with Crippen LogP contribution in [0.4, 0.5) is 0 Å². The van der Waals surface area contributed by atoms with Crippen LogP contribution in [0.25, 0.3) is 0 Å². The first kappa shape index (κ1) is 31.1. The van der Waals surface area contributed by atoms with E-state index in [9.17, 15) is 29.4 Å². The predicted octanol–water partition coefficient (Wildman–Crippen LogP) is 0.527. The molecule has 3 fully saturated rings. The minimum absolute atomic E-state index is 0.00108. The highest BCUT2D eigenvalue weighted by Crippen LogP contribution is 2.51. The monoisotopic (exact) mass is 597 g/mol. The van der Waals surface area contributed by atoms with Crippen LogP contribution in [-0.4, -0.2) is 123 Å². The molecule has 3 saturated heterocycles. The standard InChI is InChI=1S/C27H43N5O6S2/c1-16-23-22(17(2)33)26(36)32(23)24(27(37)38)25(16)40-19-12-18(29-13-19)15-39-11-6-20(34)31(10-7-28)14-21(35)30-8-4-3-5-9-30/h16-19,22-23,29,33H,3-15,28H2,1-2H3,(H,37,38)/t16-,17-,18+,19+,22-,23-/m1/s1. The molecule has 0 aliphatic carbocycles. The zero-order chi connectivity index (χ0) is 29.0. The molecule has 0 spiro atoms. The molecule has 0 aromatic heterocycles. The Balaban J connectivity index is 1.21. The molecule has 5 N–H and O–H groups in total. The number of nitrogens with one attached hydrogen (secondary N) is 1. The number of aliphatic hydroxyl groups is 1. The van der Waals surface area contributed by atoms with Crippen LogP contribution in [0, 0.1) is 11.8 Å². The smallest absolute Gasteiger partial charge is 0.353 e. The lowest BCUT2D eigenvalue weighted by Crippen LogP contribution is -2.63. The van der Waals surface area contributed by atoms with E-state index in [1.807, 2.05) is 11.8 Å². The van der Waals surface area contributed by atoms with Gasteiger partial charge in [-0.2, -0.15) is 11.8 Å². The van der Waals surface area contributed by atoms with Crippen LogP contribution < -0.4 is 11.1 Å². The van der Waals surface area contributed by atoms with Crippen molar-refractivity contribution < 1.29 is 29.4 Å². The van der Waals surface area contributed by atoms with E-state index < -0.39 is 18.0 Å². The Morgan fingerprint density at radius 1 is 1.23 bits per heavy atom. The molecule has 4 aliphatic rings. The number of likely N-dealkylation sites (tertiary alicyclic amines) is 1. The van der Waals surface area contributed by atoms with E-state index in [-0.39, 0.29) is 53.2 Å². The third kappa shape index (κ3) is 6.80. The Morgan fingerprint density at radius 2 is 1.95 bits per heavy atom. The number of thioether (sulfide) groups is 2. The first-order valence-electron chi connectivity index (χ1n) is 14.4. The SMILES string of the molecule is C[C@@H](O)[C@H]1C(=O)N2C(C(=O)O)=C(S[C@@H]3CN[C@H](CSCCC(=O)N(CCN)CC(=O)N4CCCCC4)C3)[C@H](C)[C@H]12. The highest BCUT2D eigenvalue weighted by molar-refractivity contribution is 8.03. The second-order valence-electron chi connectivity index (χ2n) is 11.2. The lowest BCUT2D eigenvalue weighted by Gasteiger charge is -2.46. The van der Waals surface area contributed by atoms with Crippen molar-refractivity contribution in [3.8, 4) is 0 Å². The molecular weight excluding hydrogens is 554 g/mol. The Labute approximate surface area is 244 Å². The summed E-state index contributed by atoms with van der Waals surface area (Å²) in [5.41, 5.74) is 5.78. The second kappa shape index (κ2) is 13.9. The average molecular weight is 598 g/mol. The van der Waals surface area contributed by atoms with Gasteiger partial charge in [-0.15, -0.1) is 11.8 Å². The number of carbonyl (C=O) groups is 4. The summed E-state index contributed by atoms with van der Waals surface area (Å²) in [5.74, 6) is -0.668. The van der Waals surface area contributed by atoms with E-state index >= 15 is 0 Å². The molecule has 0 aromatic carbocycles. The summed E-state index contributed by atoms with van der Waals surface area (Å²) in [5, 5.41) is 23.6. The largest absolute Gasteiger partial charge is 0.477 e. The molecular formula is C27H43N5O6S2. The number of piperidine rings is 1. The molecule has 0 bridgehead atoms. The summed E-state index contributed by atoms with van der Waals surface area (Å²) in [6.45, 7) is 6.58. The first-order valence-corrected chi connectivity index (χ1v) is 16.4. The lowest BCUT2D eigenvalue weighted by atomic mass is 9.79. The zero-order valence-corrected chi connectivity index (χ0v) is 25.1. The fraction of sp³-hybridized carbons (Fsp3) is 0.778. The van der Waals surface area contributed by atoms with Gasteiger partial charge in [0.25, 0.3) is 0 Å². The molecule has 6 atom stereocenters. The molecule has 4 rings (SSSR count). The fourth-order valence-corrected chi connectivity index (χ4v) is 8.80. The van der Waals surface area contributed by atoms with E-state index in [0.29, 0.717) is 25.3 Å². The van der Waals surface area contributed by atoms with Crippen LogP contribution in [0.2, 0.25) is 0 Å². The maximum atomic E-state index is 12.8. The lowest BCUT2D eigenvalue weighted by molar-refractivity contribution is -0.163. The Morgan fingerprint density at radius 3 is 2.60 bits per heavy atom. The normalized spacial score (nSPS) is 28.9. The van der Waals surface area contributed by atoms with E-state index in [1.165, 1.54) is 4.90 Å². The summed E-state index contributed by atoms with van der Waals surface area (Å²) in [4.78, 5) is 55.6. The van der Waals surface area contributed by atoms with E-state index in [4.69, 9.17) is 5.73 Å². The van der Waals surface area contributed by atoms with Gasteiger partial charge in [0.1, 0.15) is 5.70 Å². The van der Waals surface area contributed by atoms with Crippen molar-refractivity contribution in [2.45, 2.75) is 69.4 Å². The molecule has 13 heteroatoms. The molecule has 4 aliphatic heterocycles. The van der Waals surface area contributed by atoms with Crippen molar-refractivity contribution in [1.29, 1.82) is 0 Å². The van der Waals surface area contributed by atoms with E-state index in [1.54, 1.807) is 35.3 Å². The molecule has 0 aromatic rings. The van der Waals surface area contributed by atoms with Gasteiger partial charge in [0.15, 0.2) is 0 Å². The van der Waals surface area contributed by atoms with Crippen LogP contribution in [0.3, 0.4) is 0 Å². The van der Waals surface area contributed by atoms with E-state index in [2.05, 4.69) is 5.32 Å². The Kier molecular flexibility index (Phi) is 10.8. The number of nitrogens with zero attached hydrogens (tertiary/aromatic N) is 3. The van der Waals surface area contributed by atoms with Gasteiger partial charge in [-0.25, -0.2) is 4.79 Å². The second-order valence-corrected chi connectivity index (χ2v) is 13.7. The van der Waals surface area contributed by atoms with Crippen LogP contribution in [0.1, 0.15) is 46.0 Å². The predicted molar refractivity (Wildman–Crippen MR) is 155 cm³/mol. The Hall–Kier alpha value is -1.80. The molecule has 3 amide bonds. The highest BCUT2D eigenvalue weighted by atomic mass is 32.2. The molecule has 11 nitrogen and oxygen atoms in total. The van der Waals surface area contributed by atoms with Gasteiger partial charge >= 0.3 is 5.97 Å². The van der Waals surface area contributed by atoms with Crippen molar-refractivity contribution in [2.24, 2.45) is 17.6 Å². The number of aliphatic hydroxyl groups excluding tert-OH is 1. The number of amides is 3. The van der Waals surface area contributed by atoms with Crippen LogP contribution in [0.5, 0.6) is 0 Å². The van der Waals surface area contributed by atoms with Crippen molar-refractivity contribution in [1.82, 2.24) is 20.0 Å². The topological polar surface area (TPSA) is 157 Å². The van der Waals surface area contributed by atoms with Gasteiger partial charge in [-0.05, 0) is 32.6 Å². The summed E-state index contributed by atoms with van der Waals surface area (Å²) in [7, 11) is 0. The van der Waals surface area contributed by atoms with Crippen LogP contribution in [-0.2, 0) is 19.2 Å². The molecule has 0 saturated carbocycles. The van der Waals surface area contributed by atoms with Crippen molar-refractivity contribution in [3.05, 3.63) is 10.6 Å². The number of β-lactam (4-membered cyclic amide) rings is 1. The number of nitrogens with two attached hydrogens (primary N) is 1. The minimum atomic E-state index is -1.10. The fourth-order valence-electron chi connectivity index (χ4n) is 6.25.